The molecule has 15 aromatic rings. The van der Waals surface area contributed by atoms with Crippen molar-refractivity contribution in [3.8, 4) is 22.5 Å². The van der Waals surface area contributed by atoms with Crippen molar-refractivity contribution in [1.82, 2.24) is 83.7 Å². The molecule has 16 rings (SSSR count). The lowest BCUT2D eigenvalue weighted by Crippen LogP contribution is -2.33. The Morgan fingerprint density at radius 1 is 0.495 bits per heavy atom. The molecule has 10 aromatic heterocycles. The van der Waals surface area contributed by atoms with Gasteiger partial charge in [-0.3, -0.25) is 42.9 Å². The first kappa shape index (κ1) is 73.0. The van der Waals surface area contributed by atoms with Crippen molar-refractivity contribution in [3.63, 3.8) is 0 Å². The number of benzene rings is 5. The first-order valence-electron chi connectivity index (χ1n) is 36.5. The fourth-order valence-electron chi connectivity index (χ4n) is 14.7. The van der Waals surface area contributed by atoms with Crippen LogP contribution < -0.4 is 37.9 Å². The molecule has 3 amide bonds. The second-order valence-electron chi connectivity index (χ2n) is 27.4. The van der Waals surface area contributed by atoms with E-state index >= 15 is 0 Å². The van der Waals surface area contributed by atoms with Gasteiger partial charge in [0.25, 0.3) is 34.4 Å². The number of aryl methyl sites for hydroxylation is 5. The third-order valence-corrected chi connectivity index (χ3v) is 19.9. The third kappa shape index (κ3) is 14.8. The zero-order valence-electron chi connectivity index (χ0n) is 62.1. The lowest BCUT2D eigenvalue weighted by Gasteiger charge is -2.22. The molecule has 4 N–H and O–H groups in total. The van der Waals surface area contributed by atoms with E-state index < -0.39 is 18.1 Å². The standard InChI is InChI=1S/C31H32N6O3.C28H27N5O2.C26H24N6O2/c1-20(34-30(38)27-21(2)35-36-15-8-14-33-29(27)36)26-17-22-9-6-10-23(18-32-19-25-13-7-16-40-25)28(22)31(39)37(26)24-11-4-3-5-12-24;1-4-10-20-11-8-12-21-17-23(33(28(35)25(20)21)22-13-6-5-7-14-22)18(2)30-27(34)24-19(3)31-32-16-9-15-29-26(24)32;1-15-13-18(9-11-27-15)20-8-5-7-19-14-21(31(4)26(34)23(19)20)16(2)29-25(33)22-17(3)30-32-12-6-10-28-24(22)32/h3-6,8-12,14-15,17,20,25,32H,7,13,16,18-19H2,1-2H3,(H,34,38);5-9,11-18H,4,10H2,1-3H3,(H,30,34);5-14,16H,1-4H3,(H,29,33)/t20-,25?;18-;16-/m000/s1. The van der Waals surface area contributed by atoms with E-state index in [-0.39, 0.29) is 40.5 Å². The highest BCUT2D eigenvalue weighted by molar-refractivity contribution is 6.03. The number of fused-ring (bicyclic) bond motifs is 6. The third-order valence-electron chi connectivity index (χ3n) is 19.9. The van der Waals surface area contributed by atoms with Crippen LogP contribution in [0.2, 0.25) is 0 Å². The van der Waals surface area contributed by atoms with Crippen LogP contribution in [0.4, 0.5) is 0 Å². The van der Waals surface area contributed by atoms with Crippen molar-refractivity contribution < 1.29 is 19.1 Å². The Kier molecular flexibility index (Phi) is 21.2. The quantitative estimate of drug-likeness (QED) is 0.0621. The molecule has 0 radical (unpaired) electrons. The molecule has 11 heterocycles. The molecule has 1 aliphatic rings. The molecule has 1 saturated heterocycles. The Balaban J connectivity index is 0.000000137. The maximum Gasteiger partial charge on any atom is 0.263 e. The van der Waals surface area contributed by atoms with Crippen LogP contribution in [0.5, 0.6) is 0 Å². The van der Waals surface area contributed by atoms with Crippen LogP contribution in [0.3, 0.4) is 0 Å². The number of pyridine rings is 4. The van der Waals surface area contributed by atoms with Crippen LogP contribution in [0, 0.1) is 27.7 Å². The second-order valence-corrected chi connectivity index (χ2v) is 27.4. The monoisotopic (exact) mass is 1450 g/mol. The Hall–Kier alpha value is -12.9. The van der Waals surface area contributed by atoms with E-state index in [1.807, 2.05) is 173 Å². The number of nitrogens with one attached hydrogen (secondary N) is 4. The van der Waals surface area contributed by atoms with Crippen molar-refractivity contribution in [3.05, 3.63) is 306 Å². The zero-order chi connectivity index (χ0) is 76.1. The first-order chi connectivity index (χ1) is 52.8. The Labute approximate surface area is 627 Å². The number of amides is 3. The van der Waals surface area contributed by atoms with E-state index in [1.54, 1.807) is 117 Å². The SMILES string of the molecule is CCCc1cccc2cc([C@H](C)NC(=O)c3c(C)nn4cccnc34)n(-c3ccccc3)c(=O)c12.Cc1cc(-c2cccc3cc([C@H](C)NC(=O)c4c(C)nn5cccnc45)n(C)c(=O)c23)ccn1.Cc1nn2cccnc2c1C(=O)N[C@@H](C)c1cc2cccc(CNCC3CCCO3)c2c(=O)n1-c1ccccc1. The average molecular weight is 1450 g/mol. The highest BCUT2D eigenvalue weighted by atomic mass is 16.5. The molecule has 0 bridgehead atoms. The Bertz CT molecular complexity index is 6150. The molecule has 24 nitrogen and oxygen atoms in total. The van der Waals surface area contributed by atoms with Gasteiger partial charge in [0.1, 0.15) is 16.7 Å². The van der Waals surface area contributed by atoms with Gasteiger partial charge in [0.15, 0.2) is 16.9 Å². The molecular formula is C85H83N17O7. The molecule has 109 heavy (non-hydrogen) atoms. The predicted octanol–water partition coefficient (Wildman–Crippen LogP) is 12.6. The van der Waals surface area contributed by atoms with Crippen molar-refractivity contribution >= 4 is 67.0 Å². The number of hydrogen-bond donors (Lipinski definition) is 4. The van der Waals surface area contributed by atoms with Crippen molar-refractivity contribution in [2.75, 3.05) is 13.2 Å². The number of carbonyl (C=O) groups excluding carboxylic acids is 3. The van der Waals surface area contributed by atoms with Crippen LogP contribution in [0.1, 0.15) is 147 Å². The number of para-hydroxylation sites is 2. The largest absolute Gasteiger partial charge is 0.377 e. The molecule has 24 heteroatoms. The Morgan fingerprint density at radius 2 is 0.945 bits per heavy atom. The smallest absolute Gasteiger partial charge is 0.263 e. The highest BCUT2D eigenvalue weighted by Gasteiger charge is 2.28. The summed E-state index contributed by atoms with van der Waals surface area (Å²) in [4.78, 5) is 98.9. The lowest BCUT2D eigenvalue weighted by atomic mass is 9.98. The van der Waals surface area contributed by atoms with Gasteiger partial charge in [-0.25, -0.2) is 28.5 Å². The Morgan fingerprint density at radius 3 is 1.41 bits per heavy atom. The summed E-state index contributed by atoms with van der Waals surface area (Å²) in [5, 5.41) is 30.4. The summed E-state index contributed by atoms with van der Waals surface area (Å²) >= 11 is 0. The number of rotatable bonds is 18. The van der Waals surface area contributed by atoms with Gasteiger partial charge >= 0.3 is 0 Å². The molecule has 0 aliphatic carbocycles. The summed E-state index contributed by atoms with van der Waals surface area (Å²) in [7, 11) is 1.73. The van der Waals surface area contributed by atoms with Crippen molar-refractivity contribution in [2.24, 2.45) is 7.05 Å². The fraction of sp³-hybridized carbons (Fsp3) is 0.235. The first-order valence-corrected chi connectivity index (χ1v) is 36.5. The van der Waals surface area contributed by atoms with Gasteiger partial charge in [0.2, 0.25) is 0 Å². The maximum absolute atomic E-state index is 14.2. The summed E-state index contributed by atoms with van der Waals surface area (Å²) < 4.78 is 15.5. The molecule has 550 valence electrons. The van der Waals surface area contributed by atoms with Crippen LogP contribution >= 0.6 is 0 Å². The predicted molar refractivity (Wildman–Crippen MR) is 422 cm³/mol. The summed E-state index contributed by atoms with van der Waals surface area (Å²) in [6.07, 6.45) is 16.1. The molecule has 1 unspecified atom stereocenters. The maximum atomic E-state index is 14.2. The number of ether oxygens (including phenoxy) is 1. The number of hydrogen-bond acceptors (Lipinski definition) is 15. The summed E-state index contributed by atoms with van der Waals surface area (Å²) in [6.45, 7) is 17.2. The average Bonchev–Trinajstić information content (AvgIpc) is 1.26. The van der Waals surface area contributed by atoms with Gasteiger partial charge in [0.05, 0.1) is 57.5 Å². The number of nitrogens with zero attached hydrogens (tertiary/aromatic N) is 13. The van der Waals surface area contributed by atoms with Gasteiger partial charge in [-0.05, 0) is 179 Å². The summed E-state index contributed by atoms with van der Waals surface area (Å²) in [6, 6.07) is 50.6. The van der Waals surface area contributed by atoms with Crippen LogP contribution in [-0.2, 0) is 24.8 Å². The van der Waals surface area contributed by atoms with Gasteiger partial charge in [0, 0.05) is 104 Å². The lowest BCUT2D eigenvalue weighted by molar-refractivity contribution is 0.0930. The number of aromatic nitrogens is 13. The molecule has 4 atom stereocenters. The minimum Gasteiger partial charge on any atom is -0.377 e. The van der Waals surface area contributed by atoms with Crippen LogP contribution in [0.25, 0.3) is 71.8 Å². The molecule has 1 aliphatic heterocycles. The van der Waals surface area contributed by atoms with E-state index in [0.717, 1.165) is 99.7 Å². The topological polar surface area (TPSA) is 278 Å². The molecule has 0 saturated carbocycles. The molecule has 1 fully saturated rings. The highest BCUT2D eigenvalue weighted by Crippen LogP contribution is 2.31. The zero-order valence-corrected chi connectivity index (χ0v) is 62.1. The van der Waals surface area contributed by atoms with Gasteiger partial charge in [-0.1, -0.05) is 104 Å². The van der Waals surface area contributed by atoms with Crippen molar-refractivity contribution in [1.29, 1.82) is 0 Å². The number of carbonyl (C=O) groups is 3. The van der Waals surface area contributed by atoms with E-state index in [9.17, 15) is 28.8 Å². The van der Waals surface area contributed by atoms with E-state index in [4.69, 9.17) is 4.74 Å². The molecular weight excluding hydrogens is 1370 g/mol. The van der Waals surface area contributed by atoms with Crippen LogP contribution in [-0.4, -0.2) is 99.5 Å². The van der Waals surface area contributed by atoms with Crippen molar-refractivity contribution in [2.45, 2.75) is 112 Å². The summed E-state index contributed by atoms with van der Waals surface area (Å²) in [5.41, 5.74) is 12.5. The van der Waals surface area contributed by atoms with E-state index in [1.165, 1.54) is 0 Å². The van der Waals surface area contributed by atoms with Gasteiger partial charge < -0.3 is 30.6 Å². The summed E-state index contributed by atoms with van der Waals surface area (Å²) in [5.74, 6) is -0.860. The fourth-order valence-corrected chi connectivity index (χ4v) is 14.7. The van der Waals surface area contributed by atoms with E-state index in [0.29, 0.717) is 85.1 Å². The molecule has 5 aromatic carbocycles. The molecule has 0 spiro atoms. The second kappa shape index (κ2) is 31.6. The minimum absolute atomic E-state index is 0.0809. The van der Waals surface area contributed by atoms with Gasteiger partial charge in [-0.15, -0.1) is 0 Å². The normalized spacial score (nSPS) is 13.6. The van der Waals surface area contributed by atoms with Crippen LogP contribution in [0.15, 0.2) is 222 Å². The minimum atomic E-state index is -0.482. The van der Waals surface area contributed by atoms with E-state index in [2.05, 4.69) is 63.4 Å². The van der Waals surface area contributed by atoms with Gasteiger partial charge in [-0.2, -0.15) is 15.3 Å².